The first-order valence-corrected chi connectivity index (χ1v) is 7.30. The summed E-state index contributed by atoms with van der Waals surface area (Å²) in [5, 5.41) is 4.34. The van der Waals surface area contributed by atoms with Crippen molar-refractivity contribution >= 4 is 0 Å². The molecule has 108 valence electrons. The standard InChI is InChI=1S/C16H24N4/c1-2-20-16(9-11-18-20)14-19(12-6-10-17)13-15-7-4-3-5-8-15/h3-5,7-9,11H,2,6,10,12-14,17H2,1H3. The Morgan fingerprint density at radius 1 is 1.15 bits per heavy atom. The minimum absolute atomic E-state index is 0.734. The van der Waals surface area contributed by atoms with E-state index in [1.807, 2.05) is 6.20 Å². The highest BCUT2D eigenvalue weighted by Gasteiger charge is 2.09. The highest BCUT2D eigenvalue weighted by molar-refractivity contribution is 5.14. The second kappa shape index (κ2) is 7.82. The topological polar surface area (TPSA) is 47.1 Å². The quantitative estimate of drug-likeness (QED) is 0.802. The van der Waals surface area contributed by atoms with Crippen molar-refractivity contribution in [3.05, 3.63) is 53.9 Å². The summed E-state index contributed by atoms with van der Waals surface area (Å²) in [6.45, 7) is 6.66. The Hall–Kier alpha value is -1.65. The first-order valence-electron chi connectivity index (χ1n) is 7.30. The zero-order valence-corrected chi connectivity index (χ0v) is 12.2. The minimum atomic E-state index is 0.734. The van der Waals surface area contributed by atoms with Crippen LogP contribution in [0.25, 0.3) is 0 Å². The van der Waals surface area contributed by atoms with E-state index in [0.717, 1.165) is 39.1 Å². The first kappa shape index (κ1) is 14.8. The van der Waals surface area contributed by atoms with Gasteiger partial charge in [0.1, 0.15) is 0 Å². The SMILES string of the molecule is CCn1nccc1CN(CCCN)Cc1ccccc1. The van der Waals surface area contributed by atoms with Gasteiger partial charge in [0.25, 0.3) is 0 Å². The molecule has 2 aromatic rings. The molecule has 2 N–H and O–H groups in total. The van der Waals surface area contributed by atoms with Crippen LogP contribution in [0.4, 0.5) is 0 Å². The molecule has 0 aliphatic heterocycles. The molecule has 0 fully saturated rings. The Bertz CT molecular complexity index is 492. The van der Waals surface area contributed by atoms with Crippen LogP contribution in [0.3, 0.4) is 0 Å². The first-order chi connectivity index (χ1) is 9.83. The van der Waals surface area contributed by atoms with Crippen LogP contribution < -0.4 is 5.73 Å². The van der Waals surface area contributed by atoms with Crippen LogP contribution in [0.5, 0.6) is 0 Å². The Kier molecular flexibility index (Phi) is 5.77. The summed E-state index contributed by atoms with van der Waals surface area (Å²) in [6, 6.07) is 12.7. The molecule has 0 amide bonds. The van der Waals surface area contributed by atoms with Crippen LogP contribution in [0.15, 0.2) is 42.6 Å². The largest absolute Gasteiger partial charge is 0.330 e. The minimum Gasteiger partial charge on any atom is -0.330 e. The van der Waals surface area contributed by atoms with Crippen LogP contribution >= 0.6 is 0 Å². The summed E-state index contributed by atoms with van der Waals surface area (Å²) in [5.41, 5.74) is 8.26. The number of nitrogens with two attached hydrogens (primary N) is 1. The van der Waals surface area contributed by atoms with Gasteiger partial charge in [0.05, 0.1) is 5.69 Å². The van der Waals surface area contributed by atoms with Gasteiger partial charge in [0, 0.05) is 32.4 Å². The molecule has 0 aliphatic carbocycles. The van der Waals surface area contributed by atoms with Crippen LogP contribution in [0.2, 0.25) is 0 Å². The van der Waals surface area contributed by atoms with Crippen molar-refractivity contribution in [1.29, 1.82) is 0 Å². The number of aryl methyl sites for hydroxylation is 1. The molecule has 0 aliphatic rings. The smallest absolute Gasteiger partial charge is 0.0524 e. The Labute approximate surface area is 121 Å². The van der Waals surface area contributed by atoms with Gasteiger partial charge in [0.15, 0.2) is 0 Å². The van der Waals surface area contributed by atoms with Gasteiger partial charge in [-0.2, -0.15) is 5.10 Å². The van der Waals surface area contributed by atoms with Crippen molar-refractivity contribution in [3.8, 4) is 0 Å². The van der Waals surface area contributed by atoms with Crippen LogP contribution in [-0.4, -0.2) is 27.8 Å². The molecule has 1 aromatic carbocycles. The van der Waals surface area contributed by atoms with E-state index >= 15 is 0 Å². The maximum absolute atomic E-state index is 5.66. The molecule has 4 nitrogen and oxygen atoms in total. The molecule has 0 spiro atoms. The zero-order valence-electron chi connectivity index (χ0n) is 12.2. The third-order valence-electron chi connectivity index (χ3n) is 3.42. The normalized spacial score (nSPS) is 11.2. The second-order valence-electron chi connectivity index (χ2n) is 4.98. The van der Waals surface area contributed by atoms with Gasteiger partial charge in [-0.1, -0.05) is 30.3 Å². The van der Waals surface area contributed by atoms with Gasteiger partial charge in [0.2, 0.25) is 0 Å². The van der Waals surface area contributed by atoms with E-state index in [1.54, 1.807) is 0 Å². The van der Waals surface area contributed by atoms with Gasteiger partial charge in [-0.25, -0.2) is 0 Å². The number of nitrogens with zero attached hydrogens (tertiary/aromatic N) is 3. The molecular formula is C16H24N4. The van der Waals surface area contributed by atoms with E-state index in [2.05, 4.69) is 58.0 Å². The monoisotopic (exact) mass is 272 g/mol. The van der Waals surface area contributed by atoms with Gasteiger partial charge < -0.3 is 5.73 Å². The van der Waals surface area contributed by atoms with Gasteiger partial charge in [-0.3, -0.25) is 9.58 Å². The van der Waals surface area contributed by atoms with E-state index in [1.165, 1.54) is 11.3 Å². The van der Waals surface area contributed by atoms with E-state index in [-0.39, 0.29) is 0 Å². The lowest BCUT2D eigenvalue weighted by Gasteiger charge is -2.22. The van der Waals surface area contributed by atoms with Crippen molar-refractivity contribution in [2.24, 2.45) is 5.73 Å². The maximum atomic E-state index is 5.66. The van der Waals surface area contributed by atoms with Gasteiger partial charge in [-0.05, 0) is 31.5 Å². The average molecular weight is 272 g/mol. The summed E-state index contributed by atoms with van der Waals surface area (Å²) in [4.78, 5) is 2.44. The van der Waals surface area contributed by atoms with Crippen molar-refractivity contribution in [3.63, 3.8) is 0 Å². The Morgan fingerprint density at radius 3 is 2.65 bits per heavy atom. The predicted octanol–water partition coefficient (Wildman–Crippen LogP) is 2.25. The summed E-state index contributed by atoms with van der Waals surface area (Å²) in [6.07, 6.45) is 2.90. The third-order valence-corrected chi connectivity index (χ3v) is 3.42. The highest BCUT2D eigenvalue weighted by Crippen LogP contribution is 2.10. The molecule has 2 rings (SSSR count). The average Bonchev–Trinajstić information content (AvgIpc) is 2.93. The Morgan fingerprint density at radius 2 is 1.95 bits per heavy atom. The van der Waals surface area contributed by atoms with Gasteiger partial charge in [-0.15, -0.1) is 0 Å². The third kappa shape index (κ3) is 4.18. The molecule has 4 heteroatoms. The fourth-order valence-corrected chi connectivity index (χ4v) is 2.38. The van der Waals surface area contributed by atoms with Crippen molar-refractivity contribution < 1.29 is 0 Å². The summed E-state index contributed by atoms with van der Waals surface area (Å²) in [5.74, 6) is 0. The molecular weight excluding hydrogens is 248 g/mol. The summed E-state index contributed by atoms with van der Waals surface area (Å²) < 4.78 is 2.06. The molecule has 0 bridgehead atoms. The van der Waals surface area contributed by atoms with E-state index in [4.69, 9.17) is 5.73 Å². The van der Waals surface area contributed by atoms with Crippen LogP contribution in [0.1, 0.15) is 24.6 Å². The molecule has 20 heavy (non-hydrogen) atoms. The number of benzene rings is 1. The summed E-state index contributed by atoms with van der Waals surface area (Å²) >= 11 is 0. The van der Waals surface area contributed by atoms with E-state index in [0.29, 0.717) is 0 Å². The molecule has 0 saturated carbocycles. The number of rotatable bonds is 8. The van der Waals surface area contributed by atoms with E-state index in [9.17, 15) is 0 Å². The fraction of sp³-hybridized carbons (Fsp3) is 0.438. The number of aromatic nitrogens is 2. The predicted molar refractivity (Wildman–Crippen MR) is 82.1 cm³/mol. The van der Waals surface area contributed by atoms with E-state index < -0.39 is 0 Å². The van der Waals surface area contributed by atoms with Crippen molar-refractivity contribution in [2.75, 3.05) is 13.1 Å². The molecule has 1 heterocycles. The Balaban J connectivity index is 2.03. The lowest BCUT2D eigenvalue weighted by atomic mass is 10.2. The lowest BCUT2D eigenvalue weighted by Crippen LogP contribution is -2.27. The van der Waals surface area contributed by atoms with Gasteiger partial charge >= 0.3 is 0 Å². The van der Waals surface area contributed by atoms with Crippen LogP contribution in [0, 0.1) is 0 Å². The second-order valence-corrected chi connectivity index (χ2v) is 4.98. The number of hydrogen-bond donors (Lipinski definition) is 1. The highest BCUT2D eigenvalue weighted by atomic mass is 15.3. The molecule has 0 saturated heterocycles. The molecule has 0 radical (unpaired) electrons. The molecule has 0 atom stereocenters. The van der Waals surface area contributed by atoms with Crippen molar-refractivity contribution in [2.45, 2.75) is 33.0 Å². The fourth-order valence-electron chi connectivity index (χ4n) is 2.38. The lowest BCUT2D eigenvalue weighted by molar-refractivity contribution is 0.247. The van der Waals surface area contributed by atoms with Crippen LogP contribution in [-0.2, 0) is 19.6 Å². The zero-order chi connectivity index (χ0) is 14.2. The molecule has 0 unspecified atom stereocenters. The van der Waals surface area contributed by atoms with Crippen molar-refractivity contribution in [1.82, 2.24) is 14.7 Å². The molecule has 1 aromatic heterocycles. The maximum Gasteiger partial charge on any atom is 0.0524 e. The summed E-state index contributed by atoms with van der Waals surface area (Å²) in [7, 11) is 0. The number of hydrogen-bond acceptors (Lipinski definition) is 3.